The first kappa shape index (κ1) is 18.1. The lowest BCUT2D eigenvalue weighted by Gasteiger charge is -2.37. The van der Waals surface area contributed by atoms with Gasteiger partial charge in [0.1, 0.15) is 5.41 Å². The molecule has 0 aromatic rings. The predicted octanol–water partition coefficient (Wildman–Crippen LogP) is 2.67. The summed E-state index contributed by atoms with van der Waals surface area (Å²) >= 11 is 1.74. The first-order valence-corrected chi connectivity index (χ1v) is 9.17. The van der Waals surface area contributed by atoms with E-state index >= 15 is 0 Å². The van der Waals surface area contributed by atoms with E-state index in [0.717, 1.165) is 37.9 Å². The first-order valence-electron chi connectivity index (χ1n) is 7.77. The molecule has 1 rings (SSSR count). The Labute approximate surface area is 132 Å². The zero-order chi connectivity index (χ0) is 15.9. The van der Waals surface area contributed by atoms with Gasteiger partial charge in [-0.05, 0) is 25.5 Å². The molecule has 0 saturated heterocycles. The molecular weight excluding hydrogens is 286 g/mol. The molecule has 0 spiro atoms. The Kier molecular flexibility index (Phi) is 7.35. The summed E-state index contributed by atoms with van der Waals surface area (Å²) in [6.45, 7) is 2.09. The van der Waals surface area contributed by atoms with Crippen LogP contribution in [0.15, 0.2) is 5.16 Å². The molecule has 1 aliphatic rings. The maximum atomic E-state index is 13.1. The fourth-order valence-corrected chi connectivity index (χ4v) is 4.05. The summed E-state index contributed by atoms with van der Waals surface area (Å²) in [7, 11) is 1.85. The van der Waals surface area contributed by atoms with Crippen molar-refractivity contribution < 1.29 is 10.0 Å². The van der Waals surface area contributed by atoms with Crippen molar-refractivity contribution in [2.45, 2.75) is 57.9 Å². The standard InChI is InChI=1S/C15H29N3O2S/c1-4-12(11-21-3)18(2)14(19)15(13(16)17-20)9-7-5-6-8-10-15/h12,20H,4-11H2,1-3H3,(H2,16,17). The van der Waals surface area contributed by atoms with E-state index in [1.807, 2.05) is 18.2 Å². The summed E-state index contributed by atoms with van der Waals surface area (Å²) in [5.41, 5.74) is 5.14. The summed E-state index contributed by atoms with van der Waals surface area (Å²) in [5, 5.41) is 12.4. The molecule has 0 aliphatic heterocycles. The van der Waals surface area contributed by atoms with Gasteiger partial charge < -0.3 is 15.8 Å². The topological polar surface area (TPSA) is 78.9 Å². The Balaban J connectivity index is 3.04. The third-order valence-corrected chi connectivity index (χ3v) is 5.38. The number of carbonyl (C=O) groups is 1. The highest BCUT2D eigenvalue weighted by Crippen LogP contribution is 2.37. The molecule has 0 aromatic heterocycles. The number of oxime groups is 1. The van der Waals surface area contributed by atoms with Crippen LogP contribution in [0.25, 0.3) is 0 Å². The van der Waals surface area contributed by atoms with Gasteiger partial charge in [-0.1, -0.05) is 37.8 Å². The van der Waals surface area contributed by atoms with Crippen LogP contribution in [0, 0.1) is 5.41 Å². The number of rotatable bonds is 6. The van der Waals surface area contributed by atoms with Crippen molar-refractivity contribution in [2.75, 3.05) is 19.1 Å². The molecular formula is C15H29N3O2S. The lowest BCUT2D eigenvalue weighted by Crippen LogP contribution is -2.53. The second kappa shape index (κ2) is 8.51. The fraction of sp³-hybridized carbons (Fsp3) is 0.867. The van der Waals surface area contributed by atoms with E-state index in [9.17, 15) is 4.79 Å². The second-order valence-corrected chi connectivity index (χ2v) is 6.83. The van der Waals surface area contributed by atoms with Crippen LogP contribution in [0.1, 0.15) is 51.9 Å². The monoisotopic (exact) mass is 315 g/mol. The third-order valence-electron chi connectivity index (χ3n) is 4.66. The van der Waals surface area contributed by atoms with Crippen LogP contribution < -0.4 is 5.73 Å². The second-order valence-electron chi connectivity index (χ2n) is 5.92. The number of hydrogen-bond donors (Lipinski definition) is 2. The summed E-state index contributed by atoms with van der Waals surface area (Å²) < 4.78 is 0. The summed E-state index contributed by atoms with van der Waals surface area (Å²) in [5.74, 6) is 1.01. The minimum atomic E-state index is -0.814. The van der Waals surface area contributed by atoms with E-state index in [1.54, 1.807) is 11.8 Å². The highest BCUT2D eigenvalue weighted by molar-refractivity contribution is 7.98. The van der Waals surface area contributed by atoms with Crippen molar-refractivity contribution in [3.8, 4) is 0 Å². The SMILES string of the molecule is CCC(CSC)N(C)C(=O)C1(C(N)=NO)CCCCCC1. The van der Waals surface area contributed by atoms with Crippen LogP contribution in [-0.2, 0) is 4.79 Å². The smallest absolute Gasteiger partial charge is 0.236 e. The largest absolute Gasteiger partial charge is 0.409 e. The van der Waals surface area contributed by atoms with E-state index in [-0.39, 0.29) is 17.8 Å². The van der Waals surface area contributed by atoms with Crippen LogP contribution in [0.5, 0.6) is 0 Å². The lowest BCUT2D eigenvalue weighted by atomic mass is 9.77. The lowest BCUT2D eigenvalue weighted by molar-refractivity contribution is -0.139. The van der Waals surface area contributed by atoms with Gasteiger partial charge in [0.15, 0.2) is 5.84 Å². The zero-order valence-corrected chi connectivity index (χ0v) is 14.3. The number of nitrogens with zero attached hydrogens (tertiary/aromatic N) is 2. The van der Waals surface area contributed by atoms with E-state index in [0.29, 0.717) is 12.8 Å². The van der Waals surface area contributed by atoms with Crippen LogP contribution in [-0.4, -0.2) is 46.9 Å². The van der Waals surface area contributed by atoms with E-state index < -0.39 is 5.41 Å². The van der Waals surface area contributed by atoms with Crippen LogP contribution in [0.3, 0.4) is 0 Å². The Bertz CT molecular complexity index is 366. The molecule has 1 amide bonds. The highest BCUT2D eigenvalue weighted by atomic mass is 32.2. The van der Waals surface area contributed by atoms with Crippen molar-refractivity contribution in [2.24, 2.45) is 16.3 Å². The highest BCUT2D eigenvalue weighted by Gasteiger charge is 2.45. The van der Waals surface area contributed by atoms with Gasteiger partial charge in [-0.25, -0.2) is 0 Å². The molecule has 1 atom stereocenters. The molecule has 1 saturated carbocycles. The predicted molar refractivity (Wildman–Crippen MR) is 88.8 cm³/mol. The summed E-state index contributed by atoms with van der Waals surface area (Å²) in [4.78, 5) is 14.9. The van der Waals surface area contributed by atoms with Gasteiger partial charge in [0.05, 0.1) is 0 Å². The van der Waals surface area contributed by atoms with Crippen molar-refractivity contribution in [3.05, 3.63) is 0 Å². The average Bonchev–Trinajstić information content (AvgIpc) is 2.77. The molecule has 1 aliphatic carbocycles. The van der Waals surface area contributed by atoms with Gasteiger partial charge in [0.25, 0.3) is 0 Å². The van der Waals surface area contributed by atoms with Crippen molar-refractivity contribution in [3.63, 3.8) is 0 Å². The zero-order valence-electron chi connectivity index (χ0n) is 13.5. The number of nitrogens with two attached hydrogens (primary N) is 1. The molecule has 1 unspecified atom stereocenters. The van der Waals surface area contributed by atoms with E-state index in [1.165, 1.54) is 0 Å². The van der Waals surface area contributed by atoms with Crippen molar-refractivity contribution in [1.82, 2.24) is 4.90 Å². The maximum absolute atomic E-state index is 13.1. The van der Waals surface area contributed by atoms with Gasteiger partial charge >= 0.3 is 0 Å². The number of carbonyl (C=O) groups excluding carboxylic acids is 1. The van der Waals surface area contributed by atoms with E-state index in [4.69, 9.17) is 10.9 Å². The van der Waals surface area contributed by atoms with Gasteiger partial charge in [-0.3, -0.25) is 4.79 Å². The van der Waals surface area contributed by atoms with Crippen LogP contribution in [0.2, 0.25) is 0 Å². The molecule has 0 radical (unpaired) electrons. The van der Waals surface area contributed by atoms with Crippen LogP contribution >= 0.6 is 11.8 Å². The van der Waals surface area contributed by atoms with Gasteiger partial charge in [0, 0.05) is 18.8 Å². The van der Waals surface area contributed by atoms with Crippen LogP contribution in [0.4, 0.5) is 0 Å². The molecule has 1 fully saturated rings. The normalized spacial score (nSPS) is 20.6. The third kappa shape index (κ3) is 4.05. The molecule has 122 valence electrons. The Morgan fingerprint density at radius 3 is 2.38 bits per heavy atom. The number of amidine groups is 1. The van der Waals surface area contributed by atoms with E-state index in [2.05, 4.69) is 12.1 Å². The number of amides is 1. The fourth-order valence-electron chi connectivity index (χ4n) is 3.21. The first-order chi connectivity index (χ1) is 10.0. The Morgan fingerprint density at radius 2 is 1.95 bits per heavy atom. The molecule has 3 N–H and O–H groups in total. The Morgan fingerprint density at radius 1 is 1.38 bits per heavy atom. The molecule has 5 nitrogen and oxygen atoms in total. The minimum absolute atomic E-state index is 0.0144. The molecule has 0 aromatic carbocycles. The average molecular weight is 315 g/mol. The van der Waals surface area contributed by atoms with Gasteiger partial charge in [-0.2, -0.15) is 11.8 Å². The molecule has 6 heteroatoms. The Hall–Kier alpha value is -0.910. The quantitative estimate of drug-likeness (QED) is 0.260. The summed E-state index contributed by atoms with van der Waals surface area (Å²) in [6.07, 6.45) is 8.45. The number of thioether (sulfide) groups is 1. The minimum Gasteiger partial charge on any atom is -0.409 e. The maximum Gasteiger partial charge on any atom is 0.236 e. The van der Waals surface area contributed by atoms with Crippen molar-refractivity contribution in [1.29, 1.82) is 0 Å². The molecule has 21 heavy (non-hydrogen) atoms. The van der Waals surface area contributed by atoms with Gasteiger partial charge in [-0.15, -0.1) is 0 Å². The van der Waals surface area contributed by atoms with Crippen molar-refractivity contribution >= 4 is 23.5 Å². The van der Waals surface area contributed by atoms with Gasteiger partial charge in [0.2, 0.25) is 5.91 Å². The summed E-state index contributed by atoms with van der Waals surface area (Å²) in [6, 6.07) is 0.194. The number of hydrogen-bond acceptors (Lipinski definition) is 4. The molecule has 0 bridgehead atoms. The molecule has 0 heterocycles.